The van der Waals surface area contributed by atoms with Gasteiger partial charge >= 0.3 is 0 Å². The molecule has 0 bridgehead atoms. The Balaban J connectivity index is 1.24. The first-order valence-corrected chi connectivity index (χ1v) is 10.6. The average molecular weight is 419 g/mol. The van der Waals surface area contributed by atoms with Crippen molar-refractivity contribution in [1.29, 1.82) is 0 Å². The fraction of sp³-hybridized carbons (Fsp3) is 0.348. The number of likely N-dealkylation sites (tertiary alicyclic amines) is 1. The highest BCUT2D eigenvalue weighted by Crippen LogP contribution is 2.27. The Morgan fingerprint density at radius 3 is 2.58 bits per heavy atom. The number of aromatic nitrogens is 4. The molecule has 1 fully saturated rings. The van der Waals surface area contributed by atoms with Gasteiger partial charge in [-0.25, -0.2) is 0 Å². The third kappa shape index (κ3) is 5.33. The second kappa shape index (κ2) is 9.97. The highest BCUT2D eigenvalue weighted by Gasteiger charge is 2.25. The first-order valence-electron chi connectivity index (χ1n) is 10.6. The van der Waals surface area contributed by atoms with Crippen LogP contribution in [0.4, 0.5) is 0 Å². The Kier molecular flexibility index (Phi) is 6.66. The molecule has 0 unspecified atom stereocenters. The molecule has 4 rings (SSSR count). The summed E-state index contributed by atoms with van der Waals surface area (Å²) in [4.78, 5) is 35.4. The van der Waals surface area contributed by atoms with Crippen LogP contribution in [0.25, 0.3) is 0 Å². The molecular formula is C23H26N6O2. The molecular weight excluding hydrogens is 392 g/mol. The van der Waals surface area contributed by atoms with Gasteiger partial charge in [-0.2, -0.15) is 5.10 Å². The zero-order valence-electron chi connectivity index (χ0n) is 17.4. The van der Waals surface area contributed by atoms with E-state index in [1.54, 1.807) is 30.7 Å². The fourth-order valence-electron chi connectivity index (χ4n) is 3.79. The van der Waals surface area contributed by atoms with E-state index >= 15 is 0 Å². The smallest absolute Gasteiger partial charge is 0.272 e. The zero-order chi connectivity index (χ0) is 21.5. The fourth-order valence-corrected chi connectivity index (χ4v) is 3.79. The van der Waals surface area contributed by atoms with Crippen molar-refractivity contribution in [1.82, 2.24) is 30.0 Å². The van der Waals surface area contributed by atoms with E-state index in [2.05, 4.69) is 20.4 Å². The van der Waals surface area contributed by atoms with E-state index in [-0.39, 0.29) is 11.8 Å². The van der Waals surface area contributed by atoms with Gasteiger partial charge in [0.05, 0.1) is 5.56 Å². The number of rotatable bonds is 7. The van der Waals surface area contributed by atoms with Gasteiger partial charge in [-0.1, -0.05) is 6.07 Å². The van der Waals surface area contributed by atoms with Crippen molar-refractivity contribution in [3.8, 4) is 0 Å². The van der Waals surface area contributed by atoms with Crippen molar-refractivity contribution in [3.63, 3.8) is 0 Å². The Hall–Kier alpha value is -3.55. The maximum atomic E-state index is 12.5. The van der Waals surface area contributed by atoms with Crippen LogP contribution in [-0.2, 0) is 6.54 Å². The number of carbonyl (C=O) groups excluding carboxylic acids is 2. The lowest BCUT2D eigenvalue weighted by Crippen LogP contribution is -2.38. The largest absolute Gasteiger partial charge is 0.352 e. The van der Waals surface area contributed by atoms with Gasteiger partial charge in [-0.05, 0) is 49.6 Å². The molecule has 160 valence electrons. The van der Waals surface area contributed by atoms with Crippen molar-refractivity contribution in [2.24, 2.45) is 0 Å². The maximum absolute atomic E-state index is 12.5. The number of amides is 2. The molecule has 1 saturated heterocycles. The van der Waals surface area contributed by atoms with E-state index in [0.29, 0.717) is 36.8 Å². The number of aryl methyl sites for hydroxylation is 1. The molecule has 8 nitrogen and oxygen atoms in total. The van der Waals surface area contributed by atoms with Gasteiger partial charge in [0.15, 0.2) is 0 Å². The zero-order valence-corrected chi connectivity index (χ0v) is 17.4. The SMILES string of the molecule is O=C(NCCCn1cccn1)c1ccc(C2CCN(C(=O)c3ccccn3)CC2)nc1. The summed E-state index contributed by atoms with van der Waals surface area (Å²) in [7, 11) is 0. The number of piperidine rings is 1. The van der Waals surface area contributed by atoms with Crippen LogP contribution < -0.4 is 5.32 Å². The Labute approximate surface area is 181 Å². The van der Waals surface area contributed by atoms with Gasteiger partial charge in [0.25, 0.3) is 11.8 Å². The predicted octanol–water partition coefficient (Wildman–Crippen LogP) is 2.51. The summed E-state index contributed by atoms with van der Waals surface area (Å²) in [5.74, 6) is 0.154. The van der Waals surface area contributed by atoms with Crippen LogP contribution in [-0.4, -0.2) is 56.1 Å². The second-order valence-corrected chi connectivity index (χ2v) is 7.63. The number of nitrogens with one attached hydrogen (secondary N) is 1. The van der Waals surface area contributed by atoms with Crippen LogP contribution in [0.1, 0.15) is 51.7 Å². The summed E-state index contributed by atoms with van der Waals surface area (Å²) >= 11 is 0. The summed E-state index contributed by atoms with van der Waals surface area (Å²) in [6.45, 7) is 2.72. The summed E-state index contributed by atoms with van der Waals surface area (Å²) < 4.78 is 1.84. The molecule has 4 heterocycles. The van der Waals surface area contributed by atoms with E-state index in [9.17, 15) is 9.59 Å². The molecule has 0 saturated carbocycles. The first kappa shape index (κ1) is 20.7. The standard InChI is InChI=1S/C23H26N6O2/c30-22(25-11-3-13-29-14-4-12-27-29)19-6-7-20(26-17-19)18-8-15-28(16-9-18)23(31)21-5-1-2-10-24-21/h1-2,4-7,10,12,14,17-18H,3,8-9,11,13,15-16H2,(H,25,30). The monoisotopic (exact) mass is 418 g/mol. The third-order valence-corrected chi connectivity index (χ3v) is 5.54. The summed E-state index contributed by atoms with van der Waals surface area (Å²) in [6, 6.07) is 11.0. The lowest BCUT2D eigenvalue weighted by Gasteiger charge is -2.31. The van der Waals surface area contributed by atoms with E-state index in [1.165, 1.54) is 0 Å². The number of carbonyl (C=O) groups is 2. The van der Waals surface area contributed by atoms with Crippen LogP contribution in [0, 0.1) is 0 Å². The topological polar surface area (TPSA) is 93.0 Å². The van der Waals surface area contributed by atoms with E-state index in [4.69, 9.17) is 0 Å². The van der Waals surface area contributed by atoms with Crippen LogP contribution in [0.5, 0.6) is 0 Å². The number of pyridine rings is 2. The first-order chi connectivity index (χ1) is 15.2. The van der Waals surface area contributed by atoms with Gasteiger partial charge in [-0.3, -0.25) is 24.2 Å². The average Bonchev–Trinajstić information content (AvgIpc) is 3.36. The number of nitrogens with zero attached hydrogens (tertiary/aromatic N) is 5. The maximum Gasteiger partial charge on any atom is 0.272 e. The Bertz CT molecular complexity index is 981. The highest BCUT2D eigenvalue weighted by atomic mass is 16.2. The molecule has 0 aliphatic carbocycles. The molecule has 3 aromatic rings. The lowest BCUT2D eigenvalue weighted by atomic mass is 9.92. The molecule has 1 N–H and O–H groups in total. The predicted molar refractivity (Wildman–Crippen MR) is 116 cm³/mol. The van der Waals surface area contributed by atoms with Crippen LogP contribution in [0.2, 0.25) is 0 Å². The normalized spacial score (nSPS) is 14.4. The van der Waals surface area contributed by atoms with Crippen molar-refractivity contribution in [3.05, 3.63) is 78.1 Å². The van der Waals surface area contributed by atoms with E-state index < -0.39 is 0 Å². The molecule has 0 spiro atoms. The van der Waals surface area contributed by atoms with Crippen LogP contribution in [0.3, 0.4) is 0 Å². The van der Waals surface area contributed by atoms with Crippen molar-refractivity contribution in [2.75, 3.05) is 19.6 Å². The van der Waals surface area contributed by atoms with Gasteiger partial charge < -0.3 is 10.2 Å². The quantitative estimate of drug-likeness (QED) is 0.595. The van der Waals surface area contributed by atoms with Crippen molar-refractivity contribution in [2.45, 2.75) is 31.7 Å². The molecule has 3 aromatic heterocycles. The molecule has 0 radical (unpaired) electrons. The second-order valence-electron chi connectivity index (χ2n) is 7.63. The van der Waals surface area contributed by atoms with Gasteiger partial charge in [0, 0.05) is 62.6 Å². The number of hydrogen-bond donors (Lipinski definition) is 1. The van der Waals surface area contributed by atoms with Crippen molar-refractivity contribution < 1.29 is 9.59 Å². The molecule has 8 heteroatoms. The molecule has 2 amide bonds. The number of hydrogen-bond acceptors (Lipinski definition) is 5. The van der Waals surface area contributed by atoms with E-state index in [0.717, 1.165) is 31.5 Å². The molecule has 1 aliphatic rings. The Morgan fingerprint density at radius 1 is 1.03 bits per heavy atom. The van der Waals surface area contributed by atoms with Gasteiger partial charge in [0.1, 0.15) is 5.69 Å². The summed E-state index contributed by atoms with van der Waals surface area (Å²) in [6.07, 6.45) is 9.45. The summed E-state index contributed by atoms with van der Waals surface area (Å²) in [5, 5.41) is 7.07. The van der Waals surface area contributed by atoms with Crippen LogP contribution in [0.15, 0.2) is 61.2 Å². The molecule has 0 aromatic carbocycles. The van der Waals surface area contributed by atoms with Crippen molar-refractivity contribution >= 4 is 11.8 Å². The minimum absolute atomic E-state index is 0.0217. The third-order valence-electron chi connectivity index (χ3n) is 5.54. The van der Waals surface area contributed by atoms with E-state index in [1.807, 2.05) is 40.0 Å². The molecule has 0 atom stereocenters. The van der Waals surface area contributed by atoms with Gasteiger partial charge in [-0.15, -0.1) is 0 Å². The molecule has 31 heavy (non-hydrogen) atoms. The minimum Gasteiger partial charge on any atom is -0.352 e. The summed E-state index contributed by atoms with van der Waals surface area (Å²) in [5.41, 5.74) is 2.02. The van der Waals surface area contributed by atoms with Crippen LogP contribution >= 0.6 is 0 Å². The Morgan fingerprint density at radius 2 is 1.90 bits per heavy atom. The molecule has 1 aliphatic heterocycles. The van der Waals surface area contributed by atoms with Gasteiger partial charge in [0.2, 0.25) is 0 Å². The lowest BCUT2D eigenvalue weighted by molar-refractivity contribution is 0.0705. The highest BCUT2D eigenvalue weighted by molar-refractivity contribution is 5.94. The minimum atomic E-state index is -0.115.